The van der Waals surface area contributed by atoms with Crippen LogP contribution in [0.2, 0.25) is 0 Å². The Bertz CT molecular complexity index is 45.7. The Kier molecular flexibility index (Phi) is 7720. The largest absolute Gasteiger partial charge is 3.00 e. The fourth-order valence-corrected chi connectivity index (χ4v) is 0. The molecule has 0 aromatic carbocycles. The number of hydrogen-bond acceptors (Lipinski definition) is 4. The van der Waals surface area contributed by atoms with Crippen molar-refractivity contribution >= 4 is 0 Å². The number of hydrogen-bond donors (Lipinski definition) is 1. The zero-order chi connectivity index (χ0) is 5.58. The molecule has 0 heterocycles. The van der Waals surface area contributed by atoms with Gasteiger partial charge >= 0.3 is 16.8 Å². The van der Waals surface area contributed by atoms with Crippen molar-refractivity contribution in [2.75, 3.05) is 0 Å². The van der Waals surface area contributed by atoms with Crippen LogP contribution in [0, 0.1) is 10.1 Å². The van der Waals surface area contributed by atoms with Crippen LogP contribution in [0.15, 0.2) is 0 Å². The van der Waals surface area contributed by atoms with E-state index in [0.717, 1.165) is 0 Å². The first kappa shape index (κ1) is 293. The van der Waals surface area contributed by atoms with Crippen LogP contribution >= 0.6 is 0 Å². The van der Waals surface area contributed by atoms with E-state index in [-0.39, 0.29) is 88.9 Å². The second-order valence-electron chi connectivity index (χ2n) is 0.238. The van der Waals surface area contributed by atoms with Gasteiger partial charge in [-0.05, 0) is 0 Å². The van der Waals surface area contributed by atoms with Gasteiger partial charge in [-0.3, -0.25) is 0 Å². The van der Waals surface area contributed by atoms with Crippen molar-refractivity contribution in [2.45, 2.75) is 0 Å². The predicted molar refractivity (Wildman–Crippen MR) is 56.3 cm³/mol. The molecule has 125 valence electrons. The molecule has 0 aromatic rings. The van der Waals surface area contributed by atoms with E-state index in [2.05, 4.69) is 0 Å². The van der Waals surface area contributed by atoms with Gasteiger partial charge in [0.15, 0.2) is 0 Å². The zero-order valence-electron chi connectivity index (χ0n) is 8.39. The molecule has 0 rings (SSSR count). The molecular formula is H19Co2N10O5-8. The Balaban J connectivity index is -0.00000000108. The summed E-state index contributed by atoms with van der Waals surface area (Å²) in [6.07, 6.45) is 0. The zero-order valence-corrected chi connectivity index (χ0v) is 10.5. The summed E-state index contributed by atoms with van der Waals surface area (Å²) in [6, 6.07) is 0. The first-order chi connectivity index (χ1) is 2.73. The first-order valence-corrected chi connectivity index (χ1v) is 0.732. The van der Waals surface area contributed by atoms with Crippen molar-refractivity contribution in [3.05, 3.63) is 65.5 Å². The quantitative estimate of drug-likeness (QED) is 0.383. The van der Waals surface area contributed by atoms with Crippen molar-refractivity contribution in [2.24, 2.45) is 0 Å². The maximum atomic E-state index is 8.36. The van der Waals surface area contributed by atoms with E-state index in [9.17, 15) is 0 Å². The summed E-state index contributed by atoms with van der Waals surface area (Å²) in [5.74, 6) is 0. The van der Waals surface area contributed by atoms with E-state index in [4.69, 9.17) is 25.8 Å². The van der Waals surface area contributed by atoms with Gasteiger partial charge < -0.3 is 71.1 Å². The summed E-state index contributed by atoms with van der Waals surface area (Å²) >= 11 is 0. The maximum Gasteiger partial charge on any atom is 3.00 e. The van der Waals surface area contributed by atoms with Gasteiger partial charge in [-0.15, -0.1) is 10.1 Å². The average molecular weight is 357 g/mol. The van der Waals surface area contributed by atoms with E-state index >= 15 is 0 Å². The molecule has 0 bridgehead atoms. The molecule has 0 amide bonds. The minimum absolute atomic E-state index is 0. The molecule has 0 saturated heterocycles. The Hall–Kier alpha value is -0.227. The van der Waals surface area contributed by atoms with Crippen molar-refractivity contribution in [1.29, 1.82) is 0 Å². The van der Waals surface area contributed by atoms with E-state index in [0.29, 0.717) is 0 Å². The predicted octanol–water partition coefficient (Wildman–Crippen LogP) is 3.72. The summed E-state index contributed by atoms with van der Waals surface area (Å²) in [5, 5.41) is 27.6. The minimum Gasteiger partial charge on any atom is -1.00 e. The van der Waals surface area contributed by atoms with Gasteiger partial charge in [-0.1, -0.05) is 0 Å². The van der Waals surface area contributed by atoms with Crippen molar-refractivity contribution in [3.63, 3.8) is 0 Å². The van der Waals surface area contributed by atoms with Crippen LogP contribution in [0.5, 0.6) is 0 Å². The molecule has 0 aliphatic carbocycles. The van der Waals surface area contributed by atoms with E-state index in [1.807, 2.05) is 0 Å². The molecule has 0 aliphatic heterocycles. The van der Waals surface area contributed by atoms with Crippen LogP contribution in [0.4, 0.5) is 0 Å². The molecule has 0 saturated carbocycles. The van der Waals surface area contributed by atoms with E-state index in [1.165, 1.54) is 0 Å². The second-order valence-corrected chi connectivity index (χ2v) is 0.238. The summed E-state index contributed by atoms with van der Waals surface area (Å²) in [4.78, 5) is 8.36. The molecule has 17 heteroatoms. The van der Waals surface area contributed by atoms with E-state index < -0.39 is 5.09 Å². The summed E-state index contributed by atoms with van der Waals surface area (Å²) in [6.45, 7) is 0. The molecule has 0 atom stereocenters. The minimum atomic E-state index is -1.50. The first-order valence-electron chi connectivity index (χ1n) is 0.732. The summed E-state index contributed by atoms with van der Waals surface area (Å²) < 4.78 is 0. The molecule has 0 unspecified atom stereocenters. The number of nitrogens with zero attached hydrogens (tertiary/aromatic N) is 1. The smallest absolute Gasteiger partial charge is 1.00 e. The SMILES string of the molecule is O=[N+]([O-])O.[Co+3].[Co].[NH2-].[NH2-].[NH2-].[NH2-].[NH2-].[NH2-].[NH2-].[NH2-].[NH2-].[O-][O-]. The molecule has 17 heavy (non-hydrogen) atoms. The van der Waals surface area contributed by atoms with Gasteiger partial charge in [-0.25, -0.2) is 0 Å². The fourth-order valence-electron chi connectivity index (χ4n) is 0. The maximum absolute atomic E-state index is 8.36. The normalized spacial score (nSPS) is 1.76. The fraction of sp³-hybridized carbons (Fsp3) is 0. The van der Waals surface area contributed by atoms with E-state index in [1.54, 1.807) is 0 Å². The van der Waals surface area contributed by atoms with Gasteiger partial charge in [0.25, 0.3) is 5.09 Å². The third-order valence-electron chi connectivity index (χ3n) is 0. The van der Waals surface area contributed by atoms with Crippen molar-refractivity contribution in [3.8, 4) is 0 Å². The average Bonchev–Trinajstić information content (AvgIpc) is 1.41. The molecule has 0 aliphatic rings. The molecule has 0 fully saturated rings. The van der Waals surface area contributed by atoms with Crippen molar-refractivity contribution in [1.82, 2.24) is 0 Å². The Morgan fingerprint density at radius 3 is 0.706 bits per heavy atom. The van der Waals surface area contributed by atoms with Gasteiger partial charge in [0.2, 0.25) is 0 Å². The topological polar surface area (TPSA) is 411 Å². The molecule has 0 aromatic heterocycles. The van der Waals surface area contributed by atoms with Crippen LogP contribution in [0.25, 0.3) is 55.4 Å². The van der Waals surface area contributed by atoms with Crippen LogP contribution in [0.1, 0.15) is 0 Å². The molecule has 0 spiro atoms. The van der Waals surface area contributed by atoms with Gasteiger partial charge in [0, 0.05) is 16.8 Å². The number of rotatable bonds is 0. The van der Waals surface area contributed by atoms with Crippen LogP contribution < -0.4 is 10.5 Å². The van der Waals surface area contributed by atoms with Crippen molar-refractivity contribution < 1.29 is 54.4 Å². The van der Waals surface area contributed by atoms with Crippen LogP contribution in [-0.4, -0.2) is 10.3 Å². The summed E-state index contributed by atoms with van der Waals surface area (Å²) in [5.41, 5.74) is 0. The molecule has 19 N–H and O–H groups in total. The Labute approximate surface area is 120 Å². The Morgan fingerprint density at radius 1 is 0.706 bits per heavy atom. The monoisotopic (exact) mass is 357 g/mol. The van der Waals surface area contributed by atoms with Gasteiger partial charge in [0.05, 0.1) is 0 Å². The van der Waals surface area contributed by atoms with Crippen LogP contribution in [-0.2, 0) is 33.6 Å². The van der Waals surface area contributed by atoms with Crippen LogP contribution in [0.3, 0.4) is 0 Å². The number of nitrogens with two attached hydrogens (primary N) is 9. The molecular weight excluding hydrogens is 338 g/mol. The summed E-state index contributed by atoms with van der Waals surface area (Å²) in [7, 11) is 0. The third-order valence-corrected chi connectivity index (χ3v) is 0. The second kappa shape index (κ2) is 448. The Morgan fingerprint density at radius 2 is 0.706 bits per heavy atom. The molecule has 1 radical (unpaired) electrons. The standard InChI is InChI=1S/2Co.HNO3.9H2N.O2/c;;2-1(3)4;;;;;;;;;;1-2/h;;(H,2,3,4);9*1H2;/q;+3;;9*-1;-2. The molecule has 15 nitrogen and oxygen atoms in total. The van der Waals surface area contributed by atoms with Gasteiger partial charge in [-0.2, -0.15) is 0 Å². The van der Waals surface area contributed by atoms with Gasteiger partial charge in [0.1, 0.15) is 0 Å². The third kappa shape index (κ3) is 58100.